The van der Waals surface area contributed by atoms with Crippen LogP contribution in [0, 0.1) is 13.8 Å². The van der Waals surface area contributed by atoms with Crippen LogP contribution in [-0.2, 0) is 23.9 Å². The number of amides is 3. The molecule has 10 heteroatoms. The largest absolute Gasteiger partial charge is 0.466 e. The number of hydrogen-bond acceptors (Lipinski definition) is 7. The van der Waals surface area contributed by atoms with Crippen LogP contribution in [0.4, 0.5) is 4.79 Å². The average Bonchev–Trinajstić information content (AvgIpc) is 2.80. The van der Waals surface area contributed by atoms with Crippen molar-refractivity contribution in [1.82, 2.24) is 15.5 Å². The number of aryl methyl sites for hydroxylation is 2. The number of alkyl carbamates (subject to hydrolysis) is 1. The van der Waals surface area contributed by atoms with Crippen molar-refractivity contribution >= 4 is 35.6 Å². The minimum absolute atomic E-state index is 0.0237. The zero-order valence-corrected chi connectivity index (χ0v) is 24.3. The monoisotopic (exact) mass is 537 g/mol. The van der Waals surface area contributed by atoms with Gasteiger partial charge in [-0.3, -0.25) is 14.4 Å². The predicted molar refractivity (Wildman–Crippen MR) is 146 cm³/mol. The van der Waals surface area contributed by atoms with E-state index in [0.29, 0.717) is 17.7 Å². The Morgan fingerprint density at radius 1 is 1.08 bits per heavy atom. The van der Waals surface area contributed by atoms with E-state index in [0.717, 1.165) is 11.1 Å². The number of ether oxygens (including phenoxy) is 2. The van der Waals surface area contributed by atoms with E-state index in [4.69, 9.17) is 9.47 Å². The Morgan fingerprint density at radius 3 is 2.30 bits per heavy atom. The molecule has 208 valence electrons. The highest BCUT2D eigenvalue weighted by atomic mass is 32.2. The SMILES string of the molecule is CCOC(=O)CCNC(=O)C(c1ccc(C)c(C)c1)N(CC)C(=O)C(CCSC)NC(=O)OC(C)(C)C. The van der Waals surface area contributed by atoms with Crippen molar-refractivity contribution < 1.29 is 28.7 Å². The molecule has 2 unspecified atom stereocenters. The molecule has 0 aliphatic rings. The molecule has 2 atom stereocenters. The third-order valence-electron chi connectivity index (χ3n) is 5.56. The summed E-state index contributed by atoms with van der Waals surface area (Å²) in [5.41, 5.74) is 1.97. The van der Waals surface area contributed by atoms with Gasteiger partial charge in [-0.15, -0.1) is 0 Å². The van der Waals surface area contributed by atoms with Gasteiger partial charge in [-0.05, 0) is 83.6 Å². The number of nitrogens with zero attached hydrogens (tertiary/aromatic N) is 1. The summed E-state index contributed by atoms with van der Waals surface area (Å²) in [6.07, 6.45) is 1.63. The van der Waals surface area contributed by atoms with Crippen molar-refractivity contribution in [3.05, 3.63) is 34.9 Å². The van der Waals surface area contributed by atoms with E-state index in [9.17, 15) is 19.2 Å². The lowest BCUT2D eigenvalue weighted by Crippen LogP contribution is -2.53. The van der Waals surface area contributed by atoms with Gasteiger partial charge in [0.05, 0.1) is 13.0 Å². The highest BCUT2D eigenvalue weighted by Crippen LogP contribution is 2.25. The molecule has 9 nitrogen and oxygen atoms in total. The Labute approximate surface area is 225 Å². The number of likely N-dealkylation sites (N-methyl/N-ethyl adjacent to an activating group) is 1. The fourth-order valence-corrected chi connectivity index (χ4v) is 4.11. The Kier molecular flexibility index (Phi) is 13.5. The lowest BCUT2D eigenvalue weighted by molar-refractivity contribution is -0.144. The third-order valence-corrected chi connectivity index (χ3v) is 6.21. The zero-order chi connectivity index (χ0) is 28.2. The lowest BCUT2D eigenvalue weighted by atomic mass is 9.98. The molecule has 0 fully saturated rings. The van der Waals surface area contributed by atoms with Gasteiger partial charge in [-0.25, -0.2) is 4.79 Å². The number of hydrogen-bond donors (Lipinski definition) is 2. The van der Waals surface area contributed by atoms with E-state index in [1.165, 1.54) is 4.90 Å². The molecular weight excluding hydrogens is 494 g/mol. The summed E-state index contributed by atoms with van der Waals surface area (Å²) >= 11 is 1.55. The van der Waals surface area contributed by atoms with Crippen molar-refractivity contribution in [2.24, 2.45) is 0 Å². The van der Waals surface area contributed by atoms with Crippen LogP contribution in [0.5, 0.6) is 0 Å². The lowest BCUT2D eigenvalue weighted by Gasteiger charge is -2.34. The van der Waals surface area contributed by atoms with Gasteiger partial charge in [-0.1, -0.05) is 18.2 Å². The van der Waals surface area contributed by atoms with Crippen molar-refractivity contribution in [1.29, 1.82) is 0 Å². The van der Waals surface area contributed by atoms with Crippen LogP contribution < -0.4 is 10.6 Å². The number of carbonyl (C=O) groups is 4. The average molecular weight is 538 g/mol. The molecule has 37 heavy (non-hydrogen) atoms. The first kappa shape index (κ1) is 32.3. The van der Waals surface area contributed by atoms with Gasteiger partial charge in [0.25, 0.3) is 0 Å². The molecule has 0 aliphatic carbocycles. The predicted octanol–water partition coefficient (Wildman–Crippen LogP) is 3.91. The molecule has 1 aromatic rings. The van der Waals surface area contributed by atoms with Crippen LogP contribution in [0.25, 0.3) is 0 Å². The molecular formula is C27H43N3O6S. The molecule has 3 amide bonds. The van der Waals surface area contributed by atoms with Gasteiger partial charge in [0.1, 0.15) is 17.7 Å². The van der Waals surface area contributed by atoms with Gasteiger partial charge in [-0.2, -0.15) is 11.8 Å². The number of benzene rings is 1. The topological polar surface area (TPSA) is 114 Å². The first-order valence-corrected chi connectivity index (χ1v) is 14.0. The van der Waals surface area contributed by atoms with Crippen molar-refractivity contribution in [2.75, 3.05) is 31.7 Å². The molecule has 0 spiro atoms. The Morgan fingerprint density at radius 2 is 1.76 bits per heavy atom. The summed E-state index contributed by atoms with van der Waals surface area (Å²) < 4.78 is 10.3. The van der Waals surface area contributed by atoms with E-state index >= 15 is 0 Å². The normalized spacial score (nSPS) is 12.8. The van der Waals surface area contributed by atoms with Crippen LogP contribution in [0.2, 0.25) is 0 Å². The van der Waals surface area contributed by atoms with Gasteiger partial charge in [0, 0.05) is 13.1 Å². The van der Waals surface area contributed by atoms with E-state index in [1.54, 1.807) is 46.4 Å². The van der Waals surface area contributed by atoms with Gasteiger partial charge >= 0.3 is 12.1 Å². The van der Waals surface area contributed by atoms with E-state index in [1.807, 2.05) is 38.3 Å². The molecule has 0 bridgehead atoms. The van der Waals surface area contributed by atoms with Crippen molar-refractivity contribution in [3.8, 4) is 0 Å². The summed E-state index contributed by atoms with van der Waals surface area (Å²) in [7, 11) is 0. The highest BCUT2D eigenvalue weighted by Gasteiger charge is 2.35. The van der Waals surface area contributed by atoms with Crippen LogP contribution in [-0.4, -0.2) is 72.1 Å². The summed E-state index contributed by atoms with van der Waals surface area (Å²) in [6, 6.07) is 3.80. The molecule has 0 radical (unpaired) electrons. The van der Waals surface area contributed by atoms with Gasteiger partial charge in [0.15, 0.2) is 0 Å². The molecule has 0 saturated heterocycles. The second-order valence-corrected chi connectivity index (χ2v) is 10.7. The number of nitrogens with one attached hydrogen (secondary N) is 2. The summed E-state index contributed by atoms with van der Waals surface area (Å²) in [6.45, 7) is 13.2. The molecule has 1 aromatic carbocycles. The number of carbonyl (C=O) groups excluding carboxylic acids is 4. The molecule has 0 aliphatic heterocycles. The molecule has 1 rings (SSSR count). The van der Waals surface area contributed by atoms with E-state index in [-0.39, 0.29) is 32.0 Å². The molecule has 0 heterocycles. The third kappa shape index (κ3) is 11.0. The van der Waals surface area contributed by atoms with E-state index in [2.05, 4.69) is 10.6 Å². The molecule has 0 saturated carbocycles. The van der Waals surface area contributed by atoms with Crippen molar-refractivity contribution in [3.63, 3.8) is 0 Å². The second kappa shape index (κ2) is 15.5. The number of esters is 1. The fraction of sp³-hybridized carbons (Fsp3) is 0.630. The second-order valence-electron chi connectivity index (χ2n) is 9.70. The number of thioether (sulfide) groups is 1. The standard InChI is InChI=1S/C27H43N3O6S/c1-9-30(25(33)21(14-16-37-8)29-26(34)36-27(5,6)7)23(20-12-11-18(3)19(4)17-20)24(32)28-15-13-22(31)35-10-2/h11-12,17,21,23H,9-10,13-16H2,1-8H3,(H,28,32)(H,29,34). The van der Waals surface area contributed by atoms with E-state index < -0.39 is 35.7 Å². The molecule has 2 N–H and O–H groups in total. The maximum Gasteiger partial charge on any atom is 0.408 e. The van der Waals surface area contributed by atoms with Crippen LogP contribution in [0.3, 0.4) is 0 Å². The Bertz CT molecular complexity index is 931. The summed E-state index contributed by atoms with van der Waals surface area (Å²) in [5.74, 6) is -0.577. The maximum absolute atomic E-state index is 13.8. The smallest absolute Gasteiger partial charge is 0.408 e. The Hall–Kier alpha value is -2.75. The molecule has 0 aromatic heterocycles. The van der Waals surface area contributed by atoms with Crippen molar-refractivity contribution in [2.45, 2.75) is 79.0 Å². The number of rotatable bonds is 13. The van der Waals surface area contributed by atoms with Crippen LogP contribution in [0.15, 0.2) is 18.2 Å². The van der Waals surface area contributed by atoms with Gasteiger partial charge < -0.3 is 25.0 Å². The first-order chi connectivity index (χ1) is 17.3. The fourth-order valence-electron chi connectivity index (χ4n) is 3.63. The quantitative estimate of drug-likeness (QED) is 0.367. The van der Waals surface area contributed by atoms with Crippen LogP contribution >= 0.6 is 11.8 Å². The van der Waals surface area contributed by atoms with Crippen LogP contribution in [0.1, 0.15) is 70.2 Å². The minimum Gasteiger partial charge on any atom is -0.466 e. The maximum atomic E-state index is 13.8. The zero-order valence-electron chi connectivity index (χ0n) is 23.4. The summed E-state index contributed by atoms with van der Waals surface area (Å²) in [4.78, 5) is 53.0. The highest BCUT2D eigenvalue weighted by molar-refractivity contribution is 7.98. The van der Waals surface area contributed by atoms with Gasteiger partial charge in [0.2, 0.25) is 11.8 Å². The summed E-state index contributed by atoms with van der Waals surface area (Å²) in [5, 5.41) is 5.48. The minimum atomic E-state index is -0.948. The Balaban J connectivity index is 3.30. The first-order valence-electron chi connectivity index (χ1n) is 12.6.